The molecule has 0 fully saturated rings. The number of nitriles is 1. The highest BCUT2D eigenvalue weighted by atomic mass is 32.2. The van der Waals surface area contributed by atoms with Crippen molar-refractivity contribution >= 4 is 10.0 Å². The van der Waals surface area contributed by atoms with Gasteiger partial charge >= 0.3 is 0 Å². The predicted octanol–water partition coefficient (Wildman–Crippen LogP) is 0.993. The van der Waals surface area contributed by atoms with E-state index in [9.17, 15) is 12.8 Å². The number of benzene rings is 1. The summed E-state index contributed by atoms with van der Waals surface area (Å²) in [5.41, 5.74) is -0.532. The second-order valence-electron chi connectivity index (χ2n) is 4.38. The molecular formula is C12H15FN2O3S. The van der Waals surface area contributed by atoms with E-state index >= 15 is 0 Å². The lowest BCUT2D eigenvalue weighted by molar-refractivity contribution is 0.227. The van der Waals surface area contributed by atoms with E-state index in [1.165, 1.54) is 12.1 Å². The van der Waals surface area contributed by atoms with Gasteiger partial charge in [-0.2, -0.15) is 5.26 Å². The Morgan fingerprint density at radius 2 is 2.11 bits per heavy atom. The first-order valence-corrected chi connectivity index (χ1v) is 7.13. The summed E-state index contributed by atoms with van der Waals surface area (Å²) in [7, 11) is -4.05. The fraction of sp³-hybridized carbons (Fsp3) is 0.417. The van der Waals surface area contributed by atoms with Crippen LogP contribution < -0.4 is 4.72 Å². The van der Waals surface area contributed by atoms with Crippen LogP contribution in [0.5, 0.6) is 0 Å². The van der Waals surface area contributed by atoms with Crippen LogP contribution in [-0.4, -0.2) is 26.2 Å². The molecule has 0 amide bonds. The lowest BCUT2D eigenvalue weighted by Crippen LogP contribution is -2.41. The summed E-state index contributed by atoms with van der Waals surface area (Å²) in [6.07, 6.45) is 0. The summed E-state index contributed by atoms with van der Waals surface area (Å²) in [5.74, 6) is -1.03. The number of hydrogen-bond donors (Lipinski definition) is 2. The molecule has 0 saturated heterocycles. The zero-order valence-electron chi connectivity index (χ0n) is 10.6. The second-order valence-corrected chi connectivity index (χ2v) is 6.06. The molecule has 0 aromatic heterocycles. The number of sulfonamides is 1. The molecule has 1 rings (SSSR count). The Hall–Kier alpha value is -1.49. The van der Waals surface area contributed by atoms with Crippen LogP contribution in [0.15, 0.2) is 23.1 Å². The molecule has 0 unspecified atom stereocenters. The van der Waals surface area contributed by atoms with Crippen molar-refractivity contribution in [3.8, 4) is 6.07 Å². The van der Waals surface area contributed by atoms with Crippen LogP contribution in [0, 0.1) is 23.1 Å². The lowest BCUT2D eigenvalue weighted by Gasteiger charge is -2.20. The van der Waals surface area contributed by atoms with Gasteiger partial charge in [0.2, 0.25) is 10.0 Å². The van der Waals surface area contributed by atoms with E-state index in [1.54, 1.807) is 13.8 Å². The first kappa shape index (κ1) is 15.6. The van der Waals surface area contributed by atoms with Crippen LogP contribution in [0.3, 0.4) is 0 Å². The van der Waals surface area contributed by atoms with E-state index in [4.69, 9.17) is 10.4 Å². The second kappa shape index (κ2) is 6.10. The molecule has 104 valence electrons. The highest BCUT2D eigenvalue weighted by Gasteiger charge is 2.25. The number of hydrogen-bond acceptors (Lipinski definition) is 4. The fourth-order valence-electron chi connectivity index (χ4n) is 1.48. The minimum Gasteiger partial charge on any atom is -0.395 e. The topological polar surface area (TPSA) is 90.2 Å². The van der Waals surface area contributed by atoms with Crippen LogP contribution in [0.25, 0.3) is 0 Å². The molecule has 0 radical (unpaired) electrons. The van der Waals surface area contributed by atoms with Crippen molar-refractivity contribution in [1.82, 2.24) is 4.72 Å². The molecule has 1 atom stereocenters. The quantitative estimate of drug-likeness (QED) is 0.844. The fourth-order valence-corrected chi connectivity index (χ4v) is 3.03. The van der Waals surface area contributed by atoms with Crippen molar-refractivity contribution in [1.29, 1.82) is 5.26 Å². The molecule has 2 N–H and O–H groups in total. The molecule has 0 bridgehead atoms. The van der Waals surface area contributed by atoms with Gasteiger partial charge < -0.3 is 5.11 Å². The van der Waals surface area contributed by atoms with Gasteiger partial charge in [0.05, 0.1) is 6.61 Å². The molecule has 0 heterocycles. The van der Waals surface area contributed by atoms with Crippen molar-refractivity contribution in [2.75, 3.05) is 6.61 Å². The predicted molar refractivity (Wildman–Crippen MR) is 67.1 cm³/mol. The Balaban J connectivity index is 3.22. The van der Waals surface area contributed by atoms with E-state index in [-0.39, 0.29) is 12.5 Å². The largest absolute Gasteiger partial charge is 0.395 e. The average Bonchev–Trinajstić information content (AvgIpc) is 2.35. The number of aliphatic hydroxyl groups is 1. The van der Waals surface area contributed by atoms with Gasteiger partial charge in [0.1, 0.15) is 22.3 Å². The van der Waals surface area contributed by atoms with Crippen LogP contribution in [-0.2, 0) is 10.0 Å². The molecule has 0 aliphatic carbocycles. The van der Waals surface area contributed by atoms with Crippen LogP contribution in [0.1, 0.15) is 19.4 Å². The number of aliphatic hydroxyl groups excluding tert-OH is 1. The first-order valence-electron chi connectivity index (χ1n) is 5.65. The third kappa shape index (κ3) is 3.50. The summed E-state index contributed by atoms with van der Waals surface area (Å²) in [6, 6.07) is 4.22. The van der Waals surface area contributed by atoms with Crippen molar-refractivity contribution in [3.05, 3.63) is 29.6 Å². The zero-order chi connectivity index (χ0) is 14.6. The van der Waals surface area contributed by atoms with Crippen LogP contribution in [0.4, 0.5) is 4.39 Å². The molecule has 19 heavy (non-hydrogen) atoms. The monoisotopic (exact) mass is 286 g/mol. The van der Waals surface area contributed by atoms with Crippen molar-refractivity contribution in [3.63, 3.8) is 0 Å². The van der Waals surface area contributed by atoms with Crippen molar-refractivity contribution in [2.45, 2.75) is 24.8 Å². The third-order valence-electron chi connectivity index (χ3n) is 2.68. The van der Waals surface area contributed by atoms with Gasteiger partial charge in [-0.05, 0) is 18.1 Å². The van der Waals surface area contributed by atoms with E-state index < -0.39 is 32.3 Å². The number of nitrogens with one attached hydrogen (secondary N) is 1. The van der Waals surface area contributed by atoms with Gasteiger partial charge in [-0.15, -0.1) is 0 Å². The zero-order valence-corrected chi connectivity index (χ0v) is 11.4. The first-order chi connectivity index (χ1) is 8.83. The van der Waals surface area contributed by atoms with E-state index in [0.717, 1.165) is 12.1 Å². The molecule has 0 aliphatic heterocycles. The third-order valence-corrected chi connectivity index (χ3v) is 4.22. The maximum atomic E-state index is 13.4. The molecule has 1 aromatic rings. The number of rotatable bonds is 5. The molecule has 0 spiro atoms. The summed E-state index contributed by atoms with van der Waals surface area (Å²) in [5, 5.41) is 18.0. The Morgan fingerprint density at radius 3 is 2.58 bits per heavy atom. The Morgan fingerprint density at radius 1 is 1.47 bits per heavy atom. The normalized spacial score (nSPS) is 13.3. The van der Waals surface area contributed by atoms with Gasteiger partial charge in [0.15, 0.2) is 0 Å². The van der Waals surface area contributed by atoms with Gasteiger partial charge in [-0.1, -0.05) is 19.9 Å². The number of nitrogens with zero attached hydrogens (tertiary/aromatic N) is 1. The maximum Gasteiger partial charge on any atom is 0.242 e. The van der Waals surface area contributed by atoms with Crippen LogP contribution in [0.2, 0.25) is 0 Å². The van der Waals surface area contributed by atoms with Crippen molar-refractivity contribution < 1.29 is 17.9 Å². The van der Waals surface area contributed by atoms with E-state index in [2.05, 4.69) is 4.72 Å². The minimum atomic E-state index is -4.05. The van der Waals surface area contributed by atoms with Gasteiger partial charge in [-0.3, -0.25) is 0 Å². The Labute approximate surface area is 111 Å². The Bertz CT molecular complexity index is 593. The average molecular weight is 286 g/mol. The van der Waals surface area contributed by atoms with Crippen LogP contribution >= 0.6 is 0 Å². The molecule has 0 aliphatic rings. The standard InChI is InChI=1S/C12H15FN2O3S/c1-8(2)11(7-16)15-19(17,18)12-5-3-4-10(13)9(12)6-14/h3-5,8,11,15-16H,7H2,1-2H3/t11-/m1/s1. The Kier molecular flexibility index (Phi) is 5.00. The summed E-state index contributed by atoms with van der Waals surface area (Å²) < 4.78 is 39.9. The minimum absolute atomic E-state index is 0.140. The van der Waals surface area contributed by atoms with E-state index in [0.29, 0.717) is 0 Å². The van der Waals surface area contributed by atoms with Gasteiger partial charge in [0, 0.05) is 6.04 Å². The summed E-state index contributed by atoms with van der Waals surface area (Å²) in [6.45, 7) is 3.09. The van der Waals surface area contributed by atoms with Gasteiger partial charge in [-0.25, -0.2) is 17.5 Å². The molecule has 7 heteroatoms. The smallest absolute Gasteiger partial charge is 0.242 e. The summed E-state index contributed by atoms with van der Waals surface area (Å²) >= 11 is 0. The van der Waals surface area contributed by atoms with Gasteiger partial charge in [0.25, 0.3) is 0 Å². The lowest BCUT2D eigenvalue weighted by atomic mass is 10.1. The molecule has 1 aromatic carbocycles. The van der Waals surface area contributed by atoms with E-state index in [1.807, 2.05) is 0 Å². The molecular weight excluding hydrogens is 271 g/mol. The van der Waals surface area contributed by atoms with Crippen molar-refractivity contribution in [2.24, 2.45) is 5.92 Å². The highest BCUT2D eigenvalue weighted by Crippen LogP contribution is 2.18. The number of halogens is 1. The molecule has 5 nitrogen and oxygen atoms in total. The SMILES string of the molecule is CC(C)[C@@H](CO)NS(=O)(=O)c1cccc(F)c1C#N. The highest BCUT2D eigenvalue weighted by molar-refractivity contribution is 7.89. The molecule has 0 saturated carbocycles. The maximum absolute atomic E-state index is 13.4. The summed E-state index contributed by atoms with van der Waals surface area (Å²) in [4.78, 5) is -0.422.